The van der Waals surface area contributed by atoms with E-state index in [-0.39, 0.29) is 12.0 Å². The van der Waals surface area contributed by atoms with Crippen molar-refractivity contribution in [3.63, 3.8) is 0 Å². The van der Waals surface area contributed by atoms with Crippen molar-refractivity contribution in [3.05, 3.63) is 33.6 Å². The number of halogens is 1. The molecule has 0 spiro atoms. The van der Waals surface area contributed by atoms with Crippen molar-refractivity contribution in [3.8, 4) is 0 Å². The summed E-state index contributed by atoms with van der Waals surface area (Å²) >= 11 is 6.21. The fourth-order valence-electron chi connectivity index (χ4n) is 2.29. The van der Waals surface area contributed by atoms with Crippen LogP contribution < -0.4 is 5.32 Å². The molecular weight excluding hydrogens is 288 g/mol. The molecule has 114 valence electrons. The Morgan fingerprint density at radius 1 is 1.10 bits per heavy atom. The van der Waals surface area contributed by atoms with Crippen LogP contribution in [0, 0.1) is 20.8 Å². The van der Waals surface area contributed by atoms with E-state index in [1.165, 1.54) is 0 Å². The molecule has 0 radical (unpaired) electrons. The Morgan fingerprint density at radius 2 is 1.76 bits per heavy atom. The molecule has 2 aromatic heterocycles. The zero-order chi connectivity index (χ0) is 15.7. The first kappa shape index (κ1) is 15.8. The average molecular weight is 309 g/mol. The van der Waals surface area contributed by atoms with Crippen LogP contribution in [0.15, 0.2) is 4.52 Å². The summed E-state index contributed by atoms with van der Waals surface area (Å²) in [5.41, 5.74) is 2.78. The van der Waals surface area contributed by atoms with Crippen molar-refractivity contribution in [2.45, 2.75) is 53.5 Å². The molecule has 0 aromatic carbocycles. The molecule has 6 heteroatoms. The molecule has 5 nitrogen and oxygen atoms in total. The highest BCUT2D eigenvalue weighted by Crippen LogP contribution is 2.28. The molecule has 2 heterocycles. The van der Waals surface area contributed by atoms with Crippen LogP contribution >= 0.6 is 11.6 Å². The van der Waals surface area contributed by atoms with Crippen LogP contribution in [-0.2, 0) is 0 Å². The van der Waals surface area contributed by atoms with Gasteiger partial charge in [0.2, 0.25) is 0 Å². The summed E-state index contributed by atoms with van der Waals surface area (Å²) in [6.45, 7) is 11.9. The lowest BCUT2D eigenvalue weighted by Crippen LogP contribution is -2.13. The summed E-state index contributed by atoms with van der Waals surface area (Å²) in [4.78, 5) is 8.91. The smallest absolute Gasteiger partial charge is 0.139 e. The molecule has 0 saturated heterocycles. The first-order chi connectivity index (χ1) is 9.81. The number of nitrogens with one attached hydrogen (secondary N) is 1. The maximum Gasteiger partial charge on any atom is 0.139 e. The summed E-state index contributed by atoms with van der Waals surface area (Å²) in [6, 6.07) is 0.0286. The molecular formula is C15H21ClN4O. The summed E-state index contributed by atoms with van der Waals surface area (Å²) in [7, 11) is 0. The lowest BCUT2D eigenvalue weighted by molar-refractivity contribution is 0.392. The first-order valence-electron chi connectivity index (χ1n) is 7.04. The minimum absolute atomic E-state index is 0.0286. The van der Waals surface area contributed by atoms with Gasteiger partial charge in [0.1, 0.15) is 22.6 Å². The normalized spacial score (nSPS) is 12.8. The molecule has 1 unspecified atom stereocenters. The van der Waals surface area contributed by atoms with Crippen molar-refractivity contribution in [1.82, 2.24) is 15.1 Å². The zero-order valence-electron chi connectivity index (χ0n) is 13.3. The number of hydrogen-bond acceptors (Lipinski definition) is 5. The van der Waals surface area contributed by atoms with Gasteiger partial charge in [0, 0.05) is 17.0 Å². The number of aromatic nitrogens is 3. The van der Waals surface area contributed by atoms with Crippen LogP contribution in [0.4, 0.5) is 5.82 Å². The van der Waals surface area contributed by atoms with Crippen LogP contribution in [0.2, 0.25) is 5.15 Å². The average Bonchev–Trinajstić information content (AvgIpc) is 2.74. The Bertz CT molecular complexity index is 632. The van der Waals surface area contributed by atoms with E-state index in [4.69, 9.17) is 16.1 Å². The van der Waals surface area contributed by atoms with E-state index in [0.29, 0.717) is 5.15 Å². The van der Waals surface area contributed by atoms with Gasteiger partial charge in [0.05, 0.1) is 11.7 Å². The molecule has 2 rings (SSSR count). The Kier molecular flexibility index (Phi) is 4.52. The van der Waals surface area contributed by atoms with E-state index >= 15 is 0 Å². The summed E-state index contributed by atoms with van der Waals surface area (Å²) in [5.74, 6) is 2.53. The Labute approximate surface area is 130 Å². The highest BCUT2D eigenvalue weighted by atomic mass is 35.5. The fourth-order valence-corrected chi connectivity index (χ4v) is 2.47. The van der Waals surface area contributed by atoms with Crippen LogP contribution in [0.5, 0.6) is 0 Å². The molecule has 0 aliphatic carbocycles. The summed E-state index contributed by atoms with van der Waals surface area (Å²) < 4.78 is 5.22. The van der Waals surface area contributed by atoms with Crippen LogP contribution in [0.25, 0.3) is 0 Å². The van der Waals surface area contributed by atoms with Gasteiger partial charge in [-0.3, -0.25) is 0 Å². The quantitative estimate of drug-likeness (QED) is 0.851. The lowest BCUT2D eigenvalue weighted by Gasteiger charge is -2.18. The van der Waals surface area contributed by atoms with Crippen LogP contribution in [0.1, 0.15) is 61.1 Å². The monoisotopic (exact) mass is 308 g/mol. The van der Waals surface area contributed by atoms with Gasteiger partial charge in [-0.2, -0.15) is 0 Å². The summed E-state index contributed by atoms with van der Waals surface area (Å²) in [6.07, 6.45) is 0. The highest BCUT2D eigenvalue weighted by molar-refractivity contribution is 6.30. The van der Waals surface area contributed by atoms with Gasteiger partial charge in [0.15, 0.2) is 0 Å². The first-order valence-corrected chi connectivity index (χ1v) is 7.42. The van der Waals surface area contributed by atoms with E-state index in [1.54, 1.807) is 0 Å². The molecule has 0 fully saturated rings. The van der Waals surface area contributed by atoms with Crippen molar-refractivity contribution in [2.24, 2.45) is 0 Å². The van der Waals surface area contributed by atoms with Crippen molar-refractivity contribution in [2.75, 3.05) is 5.32 Å². The third-order valence-electron chi connectivity index (χ3n) is 3.49. The number of rotatable bonds is 4. The second kappa shape index (κ2) is 6.02. The second-order valence-corrected chi connectivity index (χ2v) is 5.96. The van der Waals surface area contributed by atoms with Gasteiger partial charge in [-0.05, 0) is 27.7 Å². The van der Waals surface area contributed by atoms with Crippen molar-refractivity contribution >= 4 is 17.4 Å². The topological polar surface area (TPSA) is 63.8 Å². The van der Waals surface area contributed by atoms with Crippen molar-refractivity contribution < 1.29 is 4.52 Å². The third-order valence-corrected chi connectivity index (χ3v) is 3.86. The maximum atomic E-state index is 6.21. The zero-order valence-corrected chi connectivity index (χ0v) is 14.0. The molecule has 1 atom stereocenters. The van der Waals surface area contributed by atoms with E-state index in [1.807, 2.05) is 34.6 Å². The number of nitrogens with zero attached hydrogens (tertiary/aromatic N) is 3. The molecule has 1 N–H and O–H groups in total. The van der Waals surface area contributed by atoms with Crippen LogP contribution in [0.3, 0.4) is 0 Å². The number of hydrogen-bond donors (Lipinski definition) is 1. The predicted octanol–water partition coefficient (Wildman–Crippen LogP) is 4.34. The standard InChI is InChI=1S/C15H21ClN4O/c1-7(2)14-18-13(16)8(3)15(19-14)17-9(4)12-10(5)20-21-11(12)6/h7,9H,1-6H3,(H,17,18,19). The second-order valence-electron chi connectivity index (χ2n) is 5.60. The molecule has 0 bridgehead atoms. The van der Waals surface area contributed by atoms with Gasteiger partial charge >= 0.3 is 0 Å². The summed E-state index contributed by atoms with van der Waals surface area (Å²) in [5, 5.41) is 7.87. The van der Waals surface area contributed by atoms with Gasteiger partial charge in [0.25, 0.3) is 0 Å². The van der Waals surface area contributed by atoms with Crippen LogP contribution in [-0.4, -0.2) is 15.1 Å². The molecule has 0 aliphatic heterocycles. The Balaban J connectivity index is 2.35. The maximum absolute atomic E-state index is 6.21. The molecule has 2 aromatic rings. The Hall–Kier alpha value is -1.62. The predicted molar refractivity (Wildman–Crippen MR) is 83.9 cm³/mol. The van der Waals surface area contributed by atoms with E-state index < -0.39 is 0 Å². The third kappa shape index (κ3) is 3.18. The SMILES string of the molecule is Cc1noc(C)c1C(C)Nc1nc(C(C)C)nc(Cl)c1C. The molecule has 0 saturated carbocycles. The number of anilines is 1. The van der Waals surface area contributed by atoms with Gasteiger partial charge in [-0.1, -0.05) is 30.6 Å². The largest absolute Gasteiger partial charge is 0.363 e. The van der Waals surface area contributed by atoms with Gasteiger partial charge in [-0.25, -0.2) is 9.97 Å². The number of aryl methyl sites for hydroxylation is 2. The fraction of sp³-hybridized carbons (Fsp3) is 0.533. The van der Waals surface area contributed by atoms with Gasteiger partial charge < -0.3 is 9.84 Å². The molecule has 0 amide bonds. The Morgan fingerprint density at radius 3 is 2.29 bits per heavy atom. The highest BCUT2D eigenvalue weighted by Gasteiger charge is 2.19. The lowest BCUT2D eigenvalue weighted by atomic mass is 10.1. The minimum atomic E-state index is 0.0286. The molecule has 21 heavy (non-hydrogen) atoms. The van der Waals surface area contributed by atoms with E-state index in [9.17, 15) is 0 Å². The van der Waals surface area contributed by atoms with E-state index in [0.717, 1.165) is 34.2 Å². The minimum Gasteiger partial charge on any atom is -0.363 e. The molecule has 0 aliphatic rings. The van der Waals surface area contributed by atoms with Gasteiger partial charge in [-0.15, -0.1) is 0 Å². The van der Waals surface area contributed by atoms with E-state index in [2.05, 4.69) is 27.4 Å². The van der Waals surface area contributed by atoms with Crippen molar-refractivity contribution in [1.29, 1.82) is 0 Å².